The number of nitrogens with one attached hydrogen (secondary N) is 2. The molecule has 4 nitrogen and oxygen atoms in total. The van der Waals surface area contributed by atoms with Crippen molar-refractivity contribution in [1.82, 2.24) is 10.6 Å². The Morgan fingerprint density at radius 1 is 1.45 bits per heavy atom. The maximum absolute atomic E-state index is 12.3. The summed E-state index contributed by atoms with van der Waals surface area (Å²) in [5.41, 5.74) is 0.649. The molecule has 0 aliphatic carbocycles. The highest BCUT2D eigenvalue weighted by molar-refractivity contribution is 7.10. The Morgan fingerprint density at radius 2 is 2.14 bits per heavy atom. The second-order valence-corrected chi connectivity index (χ2v) is 8.44. The van der Waals surface area contributed by atoms with Gasteiger partial charge in [0.15, 0.2) is 0 Å². The molecule has 2 heterocycles. The van der Waals surface area contributed by atoms with Crippen LogP contribution in [0.25, 0.3) is 0 Å². The van der Waals surface area contributed by atoms with Crippen LogP contribution in [0.4, 0.5) is 4.79 Å². The Bertz CT molecular complexity index is 533. The van der Waals surface area contributed by atoms with Crippen molar-refractivity contribution in [2.75, 3.05) is 6.54 Å². The predicted molar refractivity (Wildman–Crippen MR) is 91.4 cm³/mol. The molecule has 124 valence electrons. The zero-order chi connectivity index (χ0) is 16.5. The van der Waals surface area contributed by atoms with Crippen LogP contribution in [0.3, 0.4) is 0 Å². The standard InChI is InChI=1S/C17H28N2O2S/c1-11(2)13(19-15(20)21-16(3,4)5)17(6)14-12(7-9-18-17)8-10-22-14/h8,10-11,13,18H,7,9H2,1-6H3,(H,19,20). The van der Waals surface area contributed by atoms with E-state index in [1.54, 1.807) is 11.3 Å². The summed E-state index contributed by atoms with van der Waals surface area (Å²) >= 11 is 1.76. The molecule has 2 atom stereocenters. The third kappa shape index (κ3) is 3.63. The molecule has 0 aromatic carbocycles. The smallest absolute Gasteiger partial charge is 0.407 e. The molecular weight excluding hydrogens is 296 g/mol. The quantitative estimate of drug-likeness (QED) is 0.892. The van der Waals surface area contributed by atoms with Crippen LogP contribution in [0.5, 0.6) is 0 Å². The third-order valence-electron chi connectivity index (χ3n) is 4.07. The number of carbonyl (C=O) groups excluding carboxylic acids is 1. The summed E-state index contributed by atoms with van der Waals surface area (Å²) in [4.78, 5) is 13.6. The lowest BCUT2D eigenvalue weighted by Gasteiger charge is -2.43. The van der Waals surface area contributed by atoms with E-state index in [-0.39, 0.29) is 23.6 Å². The van der Waals surface area contributed by atoms with E-state index < -0.39 is 5.60 Å². The summed E-state index contributed by atoms with van der Waals surface area (Å²) in [6, 6.07) is 2.17. The molecular formula is C17H28N2O2S. The van der Waals surface area contributed by atoms with Crippen molar-refractivity contribution < 1.29 is 9.53 Å². The molecule has 0 fully saturated rings. The molecule has 2 N–H and O–H groups in total. The van der Waals surface area contributed by atoms with Gasteiger partial charge in [-0.2, -0.15) is 0 Å². The average molecular weight is 324 g/mol. The Morgan fingerprint density at radius 3 is 2.73 bits per heavy atom. The van der Waals surface area contributed by atoms with E-state index in [0.717, 1.165) is 13.0 Å². The average Bonchev–Trinajstić information content (AvgIpc) is 2.83. The van der Waals surface area contributed by atoms with E-state index in [0.29, 0.717) is 0 Å². The first-order valence-electron chi connectivity index (χ1n) is 7.95. The number of hydrogen-bond donors (Lipinski definition) is 2. The van der Waals surface area contributed by atoms with Crippen molar-refractivity contribution in [1.29, 1.82) is 0 Å². The van der Waals surface area contributed by atoms with E-state index in [4.69, 9.17) is 4.74 Å². The lowest BCUT2D eigenvalue weighted by molar-refractivity contribution is 0.0439. The largest absolute Gasteiger partial charge is 0.444 e. The van der Waals surface area contributed by atoms with Crippen molar-refractivity contribution in [3.05, 3.63) is 21.9 Å². The number of alkyl carbamates (subject to hydrolysis) is 1. The van der Waals surface area contributed by atoms with Crippen LogP contribution in [-0.4, -0.2) is 24.3 Å². The van der Waals surface area contributed by atoms with Gasteiger partial charge in [0, 0.05) is 11.4 Å². The van der Waals surface area contributed by atoms with Crippen molar-refractivity contribution in [3.63, 3.8) is 0 Å². The third-order valence-corrected chi connectivity index (χ3v) is 5.26. The van der Waals surface area contributed by atoms with Gasteiger partial charge >= 0.3 is 6.09 Å². The maximum atomic E-state index is 12.3. The second-order valence-electron chi connectivity index (χ2n) is 7.52. The molecule has 0 bridgehead atoms. The van der Waals surface area contributed by atoms with Gasteiger partial charge in [-0.25, -0.2) is 4.79 Å². The van der Waals surface area contributed by atoms with Crippen LogP contribution >= 0.6 is 11.3 Å². The molecule has 0 radical (unpaired) electrons. The Labute approximate surface area is 137 Å². The molecule has 2 rings (SSSR count). The lowest BCUT2D eigenvalue weighted by Crippen LogP contribution is -2.61. The fourth-order valence-electron chi connectivity index (χ4n) is 3.19. The number of fused-ring (bicyclic) bond motifs is 1. The number of amides is 1. The highest BCUT2D eigenvalue weighted by Crippen LogP contribution is 2.37. The van der Waals surface area contributed by atoms with Crippen LogP contribution in [0.15, 0.2) is 11.4 Å². The Balaban J connectivity index is 2.24. The molecule has 1 aliphatic heterocycles. The summed E-state index contributed by atoms with van der Waals surface area (Å²) in [6.07, 6.45) is 0.698. The van der Waals surface area contributed by atoms with Crippen molar-refractivity contribution in [2.24, 2.45) is 5.92 Å². The monoisotopic (exact) mass is 324 g/mol. The molecule has 5 heteroatoms. The first-order chi connectivity index (χ1) is 10.1. The van der Waals surface area contributed by atoms with Crippen LogP contribution in [0.1, 0.15) is 52.0 Å². The summed E-state index contributed by atoms with van der Waals surface area (Å²) in [6.45, 7) is 13.0. The van der Waals surface area contributed by atoms with Gasteiger partial charge in [0.1, 0.15) is 5.60 Å². The molecule has 1 aromatic heterocycles. The van der Waals surface area contributed by atoms with E-state index in [9.17, 15) is 4.79 Å². The molecule has 0 saturated heterocycles. The van der Waals surface area contributed by atoms with Gasteiger partial charge in [-0.15, -0.1) is 11.3 Å². The fourth-order valence-corrected chi connectivity index (χ4v) is 4.32. The molecule has 1 aromatic rings. The van der Waals surface area contributed by atoms with Crippen LogP contribution in [0.2, 0.25) is 0 Å². The first-order valence-corrected chi connectivity index (χ1v) is 8.83. The Kier molecular flexibility index (Phi) is 4.87. The predicted octanol–water partition coefficient (Wildman–Crippen LogP) is 3.66. The topological polar surface area (TPSA) is 50.4 Å². The molecule has 1 amide bonds. The van der Waals surface area contributed by atoms with Gasteiger partial charge in [0.05, 0.1) is 11.6 Å². The highest BCUT2D eigenvalue weighted by Gasteiger charge is 2.43. The van der Waals surface area contributed by atoms with E-state index in [2.05, 4.69) is 42.9 Å². The number of hydrogen-bond acceptors (Lipinski definition) is 4. The highest BCUT2D eigenvalue weighted by atomic mass is 32.1. The van der Waals surface area contributed by atoms with Gasteiger partial charge in [-0.1, -0.05) is 13.8 Å². The minimum Gasteiger partial charge on any atom is -0.444 e. The maximum Gasteiger partial charge on any atom is 0.407 e. The van der Waals surface area contributed by atoms with Gasteiger partial charge in [0.25, 0.3) is 0 Å². The van der Waals surface area contributed by atoms with Crippen LogP contribution in [0, 0.1) is 5.92 Å². The van der Waals surface area contributed by atoms with Crippen molar-refractivity contribution >= 4 is 17.4 Å². The van der Waals surface area contributed by atoms with Gasteiger partial charge in [0.2, 0.25) is 0 Å². The van der Waals surface area contributed by atoms with E-state index in [1.807, 2.05) is 20.8 Å². The first kappa shape index (κ1) is 17.3. The number of thiophene rings is 1. The van der Waals surface area contributed by atoms with Gasteiger partial charge in [-0.05, 0) is 57.0 Å². The fraction of sp³-hybridized carbons (Fsp3) is 0.706. The number of carbonyl (C=O) groups is 1. The molecule has 0 spiro atoms. The summed E-state index contributed by atoms with van der Waals surface area (Å²) in [5, 5.41) is 8.86. The van der Waals surface area contributed by atoms with Crippen molar-refractivity contribution in [3.8, 4) is 0 Å². The summed E-state index contributed by atoms with van der Waals surface area (Å²) in [5.74, 6) is 0.290. The molecule has 22 heavy (non-hydrogen) atoms. The summed E-state index contributed by atoms with van der Waals surface area (Å²) in [7, 11) is 0. The molecule has 0 saturated carbocycles. The second kappa shape index (κ2) is 6.20. The molecule has 1 aliphatic rings. The van der Waals surface area contributed by atoms with Crippen molar-refractivity contribution in [2.45, 2.75) is 65.1 Å². The zero-order valence-corrected chi connectivity index (χ0v) is 15.3. The van der Waals surface area contributed by atoms with Crippen LogP contribution < -0.4 is 10.6 Å². The number of rotatable bonds is 3. The summed E-state index contributed by atoms with van der Waals surface area (Å²) < 4.78 is 5.45. The van der Waals surface area contributed by atoms with Gasteiger partial charge < -0.3 is 15.4 Å². The van der Waals surface area contributed by atoms with E-state index >= 15 is 0 Å². The molecule has 2 unspecified atom stereocenters. The van der Waals surface area contributed by atoms with Gasteiger partial charge in [-0.3, -0.25) is 0 Å². The van der Waals surface area contributed by atoms with Crippen LogP contribution in [-0.2, 0) is 16.7 Å². The lowest BCUT2D eigenvalue weighted by atomic mass is 9.79. The zero-order valence-electron chi connectivity index (χ0n) is 14.4. The minimum absolute atomic E-state index is 0.0277. The minimum atomic E-state index is -0.486. The number of ether oxygens (including phenoxy) is 1. The Hall–Kier alpha value is -1.07. The SMILES string of the molecule is CC(C)C(NC(=O)OC(C)(C)C)C1(C)NCCc2ccsc21. The normalized spacial score (nSPS) is 23.0. The van der Waals surface area contributed by atoms with E-state index in [1.165, 1.54) is 10.4 Å².